The van der Waals surface area contributed by atoms with Gasteiger partial charge in [0.15, 0.2) is 0 Å². The molecule has 1 aromatic heterocycles. The molecule has 7 heteroatoms. The third-order valence-electron chi connectivity index (χ3n) is 5.60. The topological polar surface area (TPSA) is 71.5 Å². The van der Waals surface area contributed by atoms with Gasteiger partial charge in [-0.3, -0.25) is 9.59 Å². The zero-order valence-corrected chi connectivity index (χ0v) is 15.6. The predicted molar refractivity (Wildman–Crippen MR) is 101 cm³/mol. The summed E-state index contributed by atoms with van der Waals surface area (Å²) < 4.78 is 18.1. The summed E-state index contributed by atoms with van der Waals surface area (Å²) in [5, 5.41) is 3.04. The van der Waals surface area contributed by atoms with Crippen LogP contribution >= 0.6 is 0 Å². The van der Waals surface area contributed by atoms with Crippen molar-refractivity contribution >= 4 is 11.8 Å². The number of hydrogen-bond acceptors (Lipinski definition) is 4. The van der Waals surface area contributed by atoms with Crippen LogP contribution in [0.3, 0.4) is 0 Å². The fourth-order valence-electron chi connectivity index (χ4n) is 4.27. The van der Waals surface area contributed by atoms with Crippen LogP contribution in [0.15, 0.2) is 42.6 Å². The molecular weight excluding hydrogens is 361 g/mol. The fourth-order valence-corrected chi connectivity index (χ4v) is 4.27. The molecule has 0 saturated carbocycles. The van der Waals surface area contributed by atoms with Crippen LogP contribution in [-0.2, 0) is 0 Å². The van der Waals surface area contributed by atoms with Crippen LogP contribution in [0.5, 0.6) is 5.88 Å². The third kappa shape index (κ3) is 3.56. The molecule has 1 N–H and O–H groups in total. The molecule has 0 aliphatic carbocycles. The molecule has 2 atom stereocenters. The number of carbonyl (C=O) groups is 2. The van der Waals surface area contributed by atoms with Gasteiger partial charge in [-0.05, 0) is 56.0 Å². The summed E-state index contributed by atoms with van der Waals surface area (Å²) in [5.41, 5.74) is 0.989. The number of fused-ring (bicyclic) bond motifs is 2. The first kappa shape index (κ1) is 18.4. The molecule has 3 heterocycles. The van der Waals surface area contributed by atoms with Crippen molar-refractivity contribution in [1.82, 2.24) is 15.2 Å². The van der Waals surface area contributed by atoms with Gasteiger partial charge in [-0.1, -0.05) is 0 Å². The number of benzene rings is 1. The Balaban J connectivity index is 1.41. The number of carbonyl (C=O) groups excluding carboxylic acids is 2. The molecule has 2 bridgehead atoms. The molecule has 1 aromatic carbocycles. The lowest BCUT2D eigenvalue weighted by molar-refractivity contribution is 0.0549. The summed E-state index contributed by atoms with van der Waals surface area (Å²) in [6, 6.07) is 9.15. The fraction of sp³-hybridized carbons (Fsp3) is 0.381. The van der Waals surface area contributed by atoms with Crippen LogP contribution in [0, 0.1) is 5.82 Å². The largest absolute Gasteiger partial charge is 0.481 e. The van der Waals surface area contributed by atoms with Crippen LogP contribution < -0.4 is 10.1 Å². The number of amides is 2. The Kier molecular flexibility index (Phi) is 4.98. The molecule has 2 saturated heterocycles. The average molecular weight is 383 g/mol. The number of halogens is 1. The Bertz CT molecular complexity index is 855. The molecule has 0 spiro atoms. The van der Waals surface area contributed by atoms with Crippen LogP contribution in [0.1, 0.15) is 46.4 Å². The molecule has 2 fully saturated rings. The van der Waals surface area contributed by atoms with Crippen molar-refractivity contribution in [2.75, 3.05) is 7.11 Å². The lowest BCUT2D eigenvalue weighted by Crippen LogP contribution is -2.52. The van der Waals surface area contributed by atoms with E-state index in [4.69, 9.17) is 4.74 Å². The second-order valence-corrected chi connectivity index (χ2v) is 7.34. The first-order valence-corrected chi connectivity index (χ1v) is 9.44. The SMILES string of the molecule is COc1ccc(C(=O)N2C3CCC2CC(NC(=O)c2ccc(F)cc2)C3)cn1. The smallest absolute Gasteiger partial charge is 0.255 e. The number of pyridine rings is 1. The second kappa shape index (κ2) is 7.58. The van der Waals surface area contributed by atoms with E-state index in [0.29, 0.717) is 17.0 Å². The first-order valence-electron chi connectivity index (χ1n) is 9.44. The van der Waals surface area contributed by atoms with Crippen molar-refractivity contribution in [2.24, 2.45) is 0 Å². The zero-order valence-electron chi connectivity index (χ0n) is 15.6. The summed E-state index contributed by atoms with van der Waals surface area (Å²) in [5.74, 6) is -0.120. The Morgan fingerprint density at radius 2 is 1.71 bits per heavy atom. The summed E-state index contributed by atoms with van der Waals surface area (Å²) >= 11 is 0. The van der Waals surface area contributed by atoms with Crippen LogP contribution in [0.2, 0.25) is 0 Å². The number of rotatable bonds is 4. The minimum absolute atomic E-state index is 0.00750. The monoisotopic (exact) mass is 383 g/mol. The molecule has 28 heavy (non-hydrogen) atoms. The first-order chi connectivity index (χ1) is 13.5. The van der Waals surface area contributed by atoms with Gasteiger partial charge in [0.25, 0.3) is 11.8 Å². The van der Waals surface area contributed by atoms with E-state index in [1.807, 2.05) is 4.90 Å². The van der Waals surface area contributed by atoms with Gasteiger partial charge in [0.2, 0.25) is 5.88 Å². The van der Waals surface area contributed by atoms with Gasteiger partial charge in [0.05, 0.1) is 12.7 Å². The second-order valence-electron chi connectivity index (χ2n) is 7.34. The van der Waals surface area contributed by atoms with Gasteiger partial charge in [-0.15, -0.1) is 0 Å². The van der Waals surface area contributed by atoms with Gasteiger partial charge < -0.3 is 15.0 Å². The van der Waals surface area contributed by atoms with Crippen molar-refractivity contribution in [3.8, 4) is 5.88 Å². The van der Waals surface area contributed by atoms with Crippen LogP contribution in [0.25, 0.3) is 0 Å². The maximum atomic E-state index is 13.0. The highest BCUT2D eigenvalue weighted by atomic mass is 19.1. The molecule has 2 unspecified atom stereocenters. The predicted octanol–water partition coefficient (Wildman–Crippen LogP) is 2.79. The zero-order chi connectivity index (χ0) is 19.7. The van der Waals surface area contributed by atoms with E-state index in [2.05, 4.69) is 10.3 Å². The molecule has 0 radical (unpaired) electrons. The van der Waals surface area contributed by atoms with Crippen molar-refractivity contribution in [2.45, 2.75) is 43.8 Å². The normalized spacial score (nSPS) is 23.4. The maximum Gasteiger partial charge on any atom is 0.255 e. The number of methoxy groups -OCH3 is 1. The van der Waals surface area contributed by atoms with Crippen molar-refractivity contribution in [3.63, 3.8) is 0 Å². The van der Waals surface area contributed by atoms with E-state index in [-0.39, 0.29) is 35.8 Å². The van der Waals surface area contributed by atoms with Crippen molar-refractivity contribution in [1.29, 1.82) is 0 Å². The number of piperidine rings is 1. The Morgan fingerprint density at radius 3 is 2.29 bits per heavy atom. The summed E-state index contributed by atoms with van der Waals surface area (Å²) in [6.07, 6.45) is 4.85. The summed E-state index contributed by atoms with van der Waals surface area (Å²) in [6.45, 7) is 0. The van der Waals surface area contributed by atoms with Gasteiger partial charge in [-0.2, -0.15) is 0 Å². The molecule has 2 aliphatic rings. The van der Waals surface area contributed by atoms with Gasteiger partial charge in [0, 0.05) is 36.0 Å². The minimum Gasteiger partial charge on any atom is -0.481 e. The number of hydrogen-bond donors (Lipinski definition) is 1. The van der Waals surface area contributed by atoms with Gasteiger partial charge in [0.1, 0.15) is 5.82 Å². The van der Waals surface area contributed by atoms with Crippen molar-refractivity contribution in [3.05, 3.63) is 59.5 Å². The van der Waals surface area contributed by atoms with E-state index in [0.717, 1.165) is 25.7 Å². The maximum absolute atomic E-state index is 13.0. The third-order valence-corrected chi connectivity index (χ3v) is 5.60. The van der Waals surface area contributed by atoms with E-state index >= 15 is 0 Å². The van der Waals surface area contributed by atoms with Crippen LogP contribution in [0.4, 0.5) is 4.39 Å². The highest BCUT2D eigenvalue weighted by Gasteiger charge is 2.43. The standard InChI is InChI=1S/C21H22FN3O3/c1-28-19-9-4-14(12-23-19)21(27)25-17-7-8-18(25)11-16(10-17)24-20(26)13-2-5-15(22)6-3-13/h2-6,9,12,16-18H,7-8,10-11H2,1H3,(H,24,26). The Hall–Kier alpha value is -2.96. The number of aromatic nitrogens is 1. The molecule has 146 valence electrons. The van der Waals surface area contributed by atoms with Gasteiger partial charge in [-0.25, -0.2) is 9.37 Å². The van der Waals surface area contributed by atoms with E-state index < -0.39 is 0 Å². The Labute approximate surface area is 162 Å². The quantitative estimate of drug-likeness (QED) is 0.881. The molecule has 6 nitrogen and oxygen atoms in total. The molecular formula is C21H22FN3O3. The van der Waals surface area contributed by atoms with Crippen molar-refractivity contribution < 1.29 is 18.7 Å². The van der Waals surface area contributed by atoms with E-state index in [9.17, 15) is 14.0 Å². The van der Waals surface area contributed by atoms with Crippen LogP contribution in [-0.4, -0.2) is 46.9 Å². The minimum atomic E-state index is -0.366. The lowest BCUT2D eigenvalue weighted by atomic mass is 9.96. The molecule has 2 amide bonds. The highest BCUT2D eigenvalue weighted by molar-refractivity contribution is 5.95. The lowest BCUT2D eigenvalue weighted by Gasteiger charge is -2.39. The molecule has 2 aliphatic heterocycles. The highest BCUT2D eigenvalue weighted by Crippen LogP contribution is 2.37. The molecule has 2 aromatic rings. The molecule has 4 rings (SSSR count). The van der Waals surface area contributed by atoms with E-state index in [1.165, 1.54) is 31.4 Å². The number of nitrogens with one attached hydrogen (secondary N) is 1. The Morgan fingerprint density at radius 1 is 1.07 bits per heavy atom. The van der Waals surface area contributed by atoms with Gasteiger partial charge >= 0.3 is 0 Å². The number of ether oxygens (including phenoxy) is 1. The summed E-state index contributed by atoms with van der Waals surface area (Å²) in [4.78, 5) is 31.5. The summed E-state index contributed by atoms with van der Waals surface area (Å²) in [7, 11) is 1.54. The number of nitrogens with zero attached hydrogens (tertiary/aromatic N) is 2. The average Bonchev–Trinajstić information content (AvgIpc) is 2.98. The van der Waals surface area contributed by atoms with E-state index in [1.54, 1.807) is 18.3 Å².